The van der Waals surface area contributed by atoms with Gasteiger partial charge in [-0.1, -0.05) is 38.8 Å². The number of rotatable bonds is 8. The molecule has 108 valence electrons. The van der Waals surface area contributed by atoms with E-state index in [4.69, 9.17) is 11.6 Å². The van der Waals surface area contributed by atoms with Crippen molar-refractivity contribution in [1.29, 1.82) is 0 Å². The van der Waals surface area contributed by atoms with Crippen LogP contribution in [0, 0.1) is 5.92 Å². The van der Waals surface area contributed by atoms with Crippen LogP contribution in [0.15, 0.2) is 6.20 Å². The summed E-state index contributed by atoms with van der Waals surface area (Å²) in [5.41, 5.74) is 0. The summed E-state index contributed by atoms with van der Waals surface area (Å²) in [7, 11) is 0. The third-order valence-electron chi connectivity index (χ3n) is 3.11. The lowest BCUT2D eigenvalue weighted by molar-refractivity contribution is 0.483. The zero-order chi connectivity index (χ0) is 14.3. The smallest absolute Gasteiger partial charge is 0.224 e. The zero-order valence-corrected chi connectivity index (χ0v) is 13.1. The van der Waals surface area contributed by atoms with Gasteiger partial charge < -0.3 is 10.6 Å². The van der Waals surface area contributed by atoms with E-state index in [2.05, 4.69) is 48.3 Å². The van der Waals surface area contributed by atoms with E-state index in [0.29, 0.717) is 28.7 Å². The summed E-state index contributed by atoms with van der Waals surface area (Å²) in [4.78, 5) is 8.58. The van der Waals surface area contributed by atoms with Gasteiger partial charge in [0.05, 0.1) is 6.20 Å². The molecule has 0 aliphatic heterocycles. The van der Waals surface area contributed by atoms with Crippen LogP contribution in [0.4, 0.5) is 11.8 Å². The van der Waals surface area contributed by atoms with Crippen molar-refractivity contribution in [2.24, 2.45) is 5.92 Å². The van der Waals surface area contributed by atoms with Crippen molar-refractivity contribution in [2.75, 3.05) is 17.2 Å². The SMILES string of the molecule is CCCNc1ncc(Cl)c(NC(C)CC(C)CC)n1. The van der Waals surface area contributed by atoms with E-state index < -0.39 is 0 Å². The fraction of sp³-hybridized carbons (Fsp3) is 0.714. The van der Waals surface area contributed by atoms with Gasteiger partial charge in [-0.05, 0) is 25.7 Å². The molecule has 0 fully saturated rings. The molecular weight excluding hydrogens is 260 g/mol. The molecule has 5 heteroatoms. The molecule has 0 saturated heterocycles. The van der Waals surface area contributed by atoms with Gasteiger partial charge in [-0.15, -0.1) is 0 Å². The summed E-state index contributed by atoms with van der Waals surface area (Å²) in [5.74, 6) is 2.04. The summed E-state index contributed by atoms with van der Waals surface area (Å²) in [6.45, 7) is 9.60. The first-order valence-corrected chi connectivity index (χ1v) is 7.47. The Labute approximate surface area is 121 Å². The minimum Gasteiger partial charge on any atom is -0.366 e. The standard InChI is InChI=1S/C14H25ClN4/c1-5-7-16-14-17-9-12(15)13(19-14)18-11(4)8-10(3)6-2/h9-11H,5-8H2,1-4H3,(H2,16,17,18,19). The van der Waals surface area contributed by atoms with Crippen molar-refractivity contribution in [1.82, 2.24) is 9.97 Å². The highest BCUT2D eigenvalue weighted by Crippen LogP contribution is 2.22. The molecule has 0 spiro atoms. The Kier molecular flexibility index (Phi) is 6.92. The number of aromatic nitrogens is 2. The van der Waals surface area contributed by atoms with E-state index in [1.54, 1.807) is 6.20 Å². The summed E-state index contributed by atoms with van der Waals surface area (Å²) in [6.07, 6.45) is 4.98. The van der Waals surface area contributed by atoms with E-state index >= 15 is 0 Å². The van der Waals surface area contributed by atoms with Crippen molar-refractivity contribution < 1.29 is 0 Å². The van der Waals surface area contributed by atoms with Gasteiger partial charge >= 0.3 is 0 Å². The maximum absolute atomic E-state index is 6.13. The van der Waals surface area contributed by atoms with Crippen molar-refractivity contribution in [3.63, 3.8) is 0 Å². The summed E-state index contributed by atoms with van der Waals surface area (Å²) >= 11 is 6.13. The number of halogens is 1. The lowest BCUT2D eigenvalue weighted by Crippen LogP contribution is -2.19. The summed E-state index contributed by atoms with van der Waals surface area (Å²) in [5, 5.41) is 7.10. The highest BCUT2D eigenvalue weighted by Gasteiger charge is 2.11. The Bertz CT molecular complexity index is 384. The Balaban J connectivity index is 2.65. The van der Waals surface area contributed by atoms with E-state index in [9.17, 15) is 0 Å². The van der Waals surface area contributed by atoms with Crippen LogP contribution in [-0.2, 0) is 0 Å². The Morgan fingerprint density at radius 1 is 1.32 bits per heavy atom. The van der Waals surface area contributed by atoms with E-state index in [-0.39, 0.29) is 0 Å². The monoisotopic (exact) mass is 284 g/mol. The first-order chi connectivity index (χ1) is 9.06. The highest BCUT2D eigenvalue weighted by molar-refractivity contribution is 6.32. The Morgan fingerprint density at radius 3 is 2.68 bits per heavy atom. The minimum absolute atomic E-state index is 0.348. The second-order valence-corrected chi connectivity index (χ2v) is 5.52. The number of nitrogens with one attached hydrogen (secondary N) is 2. The Morgan fingerprint density at radius 2 is 2.05 bits per heavy atom. The average Bonchev–Trinajstić information content (AvgIpc) is 2.39. The molecule has 1 aromatic heterocycles. The molecule has 2 N–H and O–H groups in total. The first kappa shape index (κ1) is 16.0. The summed E-state index contributed by atoms with van der Waals surface area (Å²) < 4.78 is 0. The molecule has 0 bridgehead atoms. The van der Waals surface area contributed by atoms with Gasteiger partial charge in [-0.25, -0.2) is 4.98 Å². The van der Waals surface area contributed by atoms with Crippen LogP contribution in [-0.4, -0.2) is 22.6 Å². The second-order valence-electron chi connectivity index (χ2n) is 5.11. The topological polar surface area (TPSA) is 49.8 Å². The molecule has 0 aromatic carbocycles. The van der Waals surface area contributed by atoms with Crippen LogP contribution in [0.5, 0.6) is 0 Å². The predicted molar refractivity (Wildman–Crippen MR) is 83.0 cm³/mol. The fourth-order valence-corrected chi connectivity index (χ4v) is 2.00. The molecule has 0 aliphatic carbocycles. The van der Waals surface area contributed by atoms with Crippen LogP contribution in [0.3, 0.4) is 0 Å². The van der Waals surface area contributed by atoms with Crippen LogP contribution < -0.4 is 10.6 Å². The van der Waals surface area contributed by atoms with Gasteiger partial charge in [-0.2, -0.15) is 4.98 Å². The van der Waals surface area contributed by atoms with Crippen LogP contribution >= 0.6 is 11.6 Å². The third-order valence-corrected chi connectivity index (χ3v) is 3.39. The number of hydrogen-bond donors (Lipinski definition) is 2. The number of nitrogens with zero attached hydrogens (tertiary/aromatic N) is 2. The van der Waals surface area contributed by atoms with Crippen molar-refractivity contribution in [2.45, 2.75) is 53.0 Å². The van der Waals surface area contributed by atoms with Gasteiger partial charge in [0.25, 0.3) is 0 Å². The molecule has 1 heterocycles. The van der Waals surface area contributed by atoms with Crippen molar-refractivity contribution in [3.05, 3.63) is 11.2 Å². The first-order valence-electron chi connectivity index (χ1n) is 7.09. The van der Waals surface area contributed by atoms with Gasteiger partial charge in [0, 0.05) is 12.6 Å². The van der Waals surface area contributed by atoms with Crippen LogP contribution in [0.25, 0.3) is 0 Å². The molecule has 0 amide bonds. The minimum atomic E-state index is 0.348. The maximum Gasteiger partial charge on any atom is 0.224 e. The van der Waals surface area contributed by atoms with E-state index in [1.807, 2.05) is 0 Å². The van der Waals surface area contributed by atoms with Crippen molar-refractivity contribution in [3.8, 4) is 0 Å². The second kappa shape index (κ2) is 8.20. The van der Waals surface area contributed by atoms with Crippen molar-refractivity contribution >= 4 is 23.4 Å². The lowest BCUT2D eigenvalue weighted by Gasteiger charge is -2.19. The lowest BCUT2D eigenvalue weighted by atomic mass is 10.0. The van der Waals surface area contributed by atoms with Crippen LogP contribution in [0.1, 0.15) is 47.0 Å². The normalized spacial score (nSPS) is 13.9. The molecular formula is C14H25ClN4. The summed E-state index contributed by atoms with van der Waals surface area (Å²) in [6, 6.07) is 0.348. The van der Waals surface area contributed by atoms with Gasteiger partial charge in [0.15, 0.2) is 5.82 Å². The highest BCUT2D eigenvalue weighted by atomic mass is 35.5. The maximum atomic E-state index is 6.13. The molecule has 19 heavy (non-hydrogen) atoms. The predicted octanol–water partition coefficient (Wildman–Crippen LogP) is 4.19. The van der Waals surface area contributed by atoms with Gasteiger partial charge in [-0.3, -0.25) is 0 Å². The molecule has 0 radical (unpaired) electrons. The number of anilines is 2. The molecule has 4 nitrogen and oxygen atoms in total. The van der Waals surface area contributed by atoms with Gasteiger partial charge in [0.2, 0.25) is 5.95 Å². The molecule has 2 unspecified atom stereocenters. The van der Waals surface area contributed by atoms with E-state index in [0.717, 1.165) is 19.4 Å². The molecule has 1 rings (SSSR count). The van der Waals surface area contributed by atoms with Crippen LogP contribution in [0.2, 0.25) is 5.02 Å². The molecule has 0 aliphatic rings. The quantitative estimate of drug-likeness (QED) is 0.751. The molecule has 1 aromatic rings. The zero-order valence-electron chi connectivity index (χ0n) is 12.3. The third kappa shape index (κ3) is 5.64. The Hall–Kier alpha value is -1.03. The number of hydrogen-bond acceptors (Lipinski definition) is 4. The molecule has 0 saturated carbocycles. The fourth-order valence-electron chi connectivity index (χ4n) is 1.85. The average molecular weight is 285 g/mol. The van der Waals surface area contributed by atoms with E-state index in [1.165, 1.54) is 6.42 Å². The largest absolute Gasteiger partial charge is 0.366 e. The molecule has 2 atom stereocenters. The van der Waals surface area contributed by atoms with Gasteiger partial charge in [0.1, 0.15) is 5.02 Å².